The molecule has 0 radical (unpaired) electrons. The first-order chi connectivity index (χ1) is 12.9. The summed E-state index contributed by atoms with van der Waals surface area (Å²) in [5.74, 6) is 1.09. The van der Waals surface area contributed by atoms with Gasteiger partial charge in [0.1, 0.15) is 12.7 Å². The largest absolute Gasteiger partial charge is 0.416 e. The fourth-order valence-electron chi connectivity index (χ4n) is 4.43. The van der Waals surface area contributed by atoms with Gasteiger partial charge in [-0.15, -0.1) is 0 Å². The Morgan fingerprint density at radius 3 is 2.74 bits per heavy atom. The molecule has 0 aliphatic carbocycles. The highest BCUT2D eigenvalue weighted by atomic mass is 32.2. The number of alkyl halides is 3. The molecule has 3 heterocycles. The van der Waals surface area contributed by atoms with Crippen molar-refractivity contribution in [3.63, 3.8) is 0 Å². The first-order valence-corrected chi connectivity index (χ1v) is 10.6. The Bertz CT molecular complexity index is 787. The second-order valence-corrected chi connectivity index (χ2v) is 8.33. The third kappa shape index (κ3) is 3.24. The van der Waals surface area contributed by atoms with Crippen molar-refractivity contribution in [1.82, 2.24) is 0 Å². The van der Waals surface area contributed by atoms with Gasteiger partial charge >= 0.3 is 6.18 Å². The molecule has 146 valence electrons. The second kappa shape index (κ2) is 7.08. The van der Waals surface area contributed by atoms with Gasteiger partial charge in [0.05, 0.1) is 22.7 Å². The van der Waals surface area contributed by atoms with E-state index in [-0.39, 0.29) is 6.17 Å². The summed E-state index contributed by atoms with van der Waals surface area (Å²) >= 11 is 1.84. The van der Waals surface area contributed by atoms with Crippen LogP contribution in [0.1, 0.15) is 38.7 Å². The molecule has 7 heteroatoms. The quantitative estimate of drug-likeness (QED) is 0.669. The number of thioether (sulfide) groups is 1. The molecule has 0 aromatic heterocycles. The number of anilines is 2. The van der Waals surface area contributed by atoms with Crippen molar-refractivity contribution in [1.29, 1.82) is 0 Å². The third-order valence-corrected chi connectivity index (χ3v) is 6.88. The number of nitrogens with zero attached hydrogens (tertiary/aromatic N) is 3. The molecule has 1 aromatic carbocycles. The summed E-state index contributed by atoms with van der Waals surface area (Å²) < 4.78 is 42.1. The Balaban J connectivity index is 1.72. The molecule has 3 aliphatic rings. The predicted molar refractivity (Wildman–Crippen MR) is 106 cm³/mol. The van der Waals surface area contributed by atoms with Crippen LogP contribution in [0.25, 0.3) is 0 Å². The molecule has 2 unspecified atom stereocenters. The van der Waals surface area contributed by atoms with Crippen LogP contribution in [-0.2, 0) is 6.18 Å². The van der Waals surface area contributed by atoms with Crippen molar-refractivity contribution < 1.29 is 17.7 Å². The molecular formula is C20H25F3N3S+. The number of fused-ring (bicyclic) bond motifs is 3. The predicted octanol–water partition coefficient (Wildman–Crippen LogP) is 4.92. The normalized spacial score (nSPS) is 25.1. The summed E-state index contributed by atoms with van der Waals surface area (Å²) in [7, 11) is 0. The Kier molecular flexibility index (Phi) is 4.91. The van der Waals surface area contributed by atoms with Crippen LogP contribution in [0.4, 0.5) is 24.5 Å². The monoisotopic (exact) mass is 396 g/mol. The Morgan fingerprint density at radius 1 is 1.22 bits per heavy atom. The van der Waals surface area contributed by atoms with Gasteiger partial charge in [-0.2, -0.15) is 13.2 Å². The van der Waals surface area contributed by atoms with Gasteiger partial charge < -0.3 is 9.80 Å². The van der Waals surface area contributed by atoms with E-state index >= 15 is 0 Å². The highest BCUT2D eigenvalue weighted by Crippen LogP contribution is 2.49. The van der Waals surface area contributed by atoms with Gasteiger partial charge in [-0.25, -0.2) is 4.58 Å². The Morgan fingerprint density at radius 2 is 2.04 bits per heavy atom. The molecule has 1 aromatic rings. The minimum Gasteiger partial charge on any atom is -0.346 e. The highest BCUT2D eigenvalue weighted by molar-refractivity contribution is 8.14. The lowest BCUT2D eigenvalue weighted by Crippen LogP contribution is -2.39. The van der Waals surface area contributed by atoms with Crippen LogP contribution in [0.15, 0.2) is 30.5 Å². The zero-order valence-electron chi connectivity index (χ0n) is 15.7. The van der Waals surface area contributed by atoms with Crippen LogP contribution in [0.2, 0.25) is 0 Å². The summed E-state index contributed by atoms with van der Waals surface area (Å²) in [6.45, 7) is 6.29. The summed E-state index contributed by atoms with van der Waals surface area (Å²) in [6.07, 6.45) is 2.95. The lowest BCUT2D eigenvalue weighted by molar-refractivity contribution is -0.513. The van der Waals surface area contributed by atoms with E-state index in [2.05, 4.69) is 40.5 Å². The highest BCUT2D eigenvalue weighted by Gasteiger charge is 2.44. The van der Waals surface area contributed by atoms with Crippen molar-refractivity contribution in [2.24, 2.45) is 0 Å². The smallest absolute Gasteiger partial charge is 0.346 e. The average Bonchev–Trinajstić information content (AvgIpc) is 3.33. The lowest BCUT2D eigenvalue weighted by Gasteiger charge is -2.28. The zero-order valence-corrected chi connectivity index (χ0v) is 16.5. The van der Waals surface area contributed by atoms with E-state index in [0.717, 1.165) is 49.5 Å². The van der Waals surface area contributed by atoms with Crippen LogP contribution in [0.5, 0.6) is 0 Å². The van der Waals surface area contributed by atoms with Crippen molar-refractivity contribution in [3.8, 4) is 0 Å². The fraction of sp³-hybridized carbons (Fsp3) is 0.550. The number of halogens is 3. The maximum atomic E-state index is 13.3. The first kappa shape index (κ1) is 18.7. The molecule has 0 N–H and O–H groups in total. The maximum absolute atomic E-state index is 13.3. The van der Waals surface area contributed by atoms with E-state index in [4.69, 9.17) is 0 Å². The molecule has 0 amide bonds. The molecule has 0 spiro atoms. The van der Waals surface area contributed by atoms with Crippen molar-refractivity contribution >= 4 is 28.2 Å². The van der Waals surface area contributed by atoms with Crippen LogP contribution < -0.4 is 9.80 Å². The van der Waals surface area contributed by atoms with E-state index in [1.54, 1.807) is 6.07 Å². The average molecular weight is 397 g/mol. The number of hydrogen-bond donors (Lipinski definition) is 0. The van der Waals surface area contributed by atoms with Gasteiger partial charge in [-0.3, -0.25) is 0 Å². The number of rotatable bonds is 4. The summed E-state index contributed by atoms with van der Waals surface area (Å²) in [5, 5.41) is 1.24. The number of hydrogen-bond acceptors (Lipinski definition) is 3. The van der Waals surface area contributed by atoms with Gasteiger partial charge in [-0.1, -0.05) is 18.7 Å². The van der Waals surface area contributed by atoms with Crippen LogP contribution >= 0.6 is 11.8 Å². The number of benzene rings is 1. The SMILES string of the molecule is CCC1CCC2N(C=CC3=[N+](CC)CCS3)c3ccc(C(F)(F)F)cc3N12. The molecule has 0 saturated carbocycles. The second-order valence-electron chi connectivity index (χ2n) is 7.22. The minimum absolute atomic E-state index is 0.117. The Hall–Kier alpha value is -1.63. The summed E-state index contributed by atoms with van der Waals surface area (Å²) in [4.78, 5) is 4.38. The van der Waals surface area contributed by atoms with Crippen molar-refractivity contribution in [2.75, 3.05) is 28.6 Å². The topological polar surface area (TPSA) is 9.49 Å². The molecule has 0 bridgehead atoms. The van der Waals surface area contributed by atoms with Gasteiger partial charge in [0.2, 0.25) is 5.04 Å². The van der Waals surface area contributed by atoms with E-state index < -0.39 is 11.7 Å². The van der Waals surface area contributed by atoms with Gasteiger partial charge in [0.15, 0.2) is 6.54 Å². The van der Waals surface area contributed by atoms with Crippen LogP contribution in [0.3, 0.4) is 0 Å². The minimum atomic E-state index is -4.31. The summed E-state index contributed by atoms with van der Waals surface area (Å²) in [6, 6.07) is 4.48. The third-order valence-electron chi connectivity index (χ3n) is 5.81. The maximum Gasteiger partial charge on any atom is 0.416 e. The van der Waals surface area contributed by atoms with Gasteiger partial charge in [0.25, 0.3) is 0 Å². The molecule has 2 atom stereocenters. The van der Waals surface area contributed by atoms with Crippen LogP contribution in [-0.4, -0.2) is 40.7 Å². The van der Waals surface area contributed by atoms with E-state index in [1.807, 2.05) is 11.8 Å². The molecule has 4 rings (SSSR count). The lowest BCUT2D eigenvalue weighted by atomic mass is 10.1. The fourth-order valence-corrected chi connectivity index (χ4v) is 5.51. The molecule has 1 fully saturated rings. The van der Waals surface area contributed by atoms with Crippen molar-refractivity contribution in [3.05, 3.63) is 36.0 Å². The first-order valence-electron chi connectivity index (χ1n) is 9.64. The van der Waals surface area contributed by atoms with E-state index in [1.165, 1.54) is 17.2 Å². The molecule has 27 heavy (non-hydrogen) atoms. The molecule has 3 nitrogen and oxygen atoms in total. The van der Waals surface area contributed by atoms with Gasteiger partial charge in [0, 0.05) is 18.3 Å². The standard InChI is InChI=1S/C20H25F3N3S/c1-3-15-6-8-18-25(10-9-19-24(4-2)11-12-27-19)16-7-5-14(20(21,22)23)13-17(16)26(15)18/h5,7,9-10,13,15,18H,3-4,6,8,11-12H2,1-2H3/q+1. The van der Waals surface area contributed by atoms with Crippen molar-refractivity contribution in [2.45, 2.75) is 51.5 Å². The molecular weight excluding hydrogens is 371 g/mol. The summed E-state index contributed by atoms with van der Waals surface area (Å²) in [5.41, 5.74) is 1.04. The Labute approximate surface area is 162 Å². The van der Waals surface area contributed by atoms with Gasteiger partial charge in [-0.05, 0) is 44.4 Å². The van der Waals surface area contributed by atoms with E-state index in [9.17, 15) is 13.2 Å². The molecule has 3 aliphatic heterocycles. The zero-order chi connectivity index (χ0) is 19.2. The molecule has 1 saturated heterocycles. The van der Waals surface area contributed by atoms with Crippen LogP contribution in [0, 0.1) is 0 Å². The van der Waals surface area contributed by atoms with E-state index in [0.29, 0.717) is 6.04 Å².